The van der Waals surface area contributed by atoms with E-state index in [1.807, 2.05) is 0 Å². The highest BCUT2D eigenvalue weighted by Crippen LogP contribution is 2.30. The molecule has 0 radical (unpaired) electrons. The molecular weight excluding hydrogens is 345 g/mol. The lowest BCUT2D eigenvalue weighted by molar-refractivity contribution is -0.112. The molecule has 0 saturated carbocycles. The summed E-state index contributed by atoms with van der Waals surface area (Å²) in [7, 11) is 0. The maximum atomic E-state index is 13.0. The molecule has 7 heteroatoms. The number of aliphatic hydroxyl groups is 1. The number of halogens is 2. The number of amidine groups is 1. The first kappa shape index (κ1) is 17.0. The van der Waals surface area contributed by atoms with Crippen LogP contribution < -0.4 is 11.1 Å². The average Bonchev–Trinajstić information content (AvgIpc) is 2.57. The fourth-order valence-corrected chi connectivity index (χ4v) is 2.69. The van der Waals surface area contributed by atoms with Gasteiger partial charge in [-0.3, -0.25) is 9.79 Å². The van der Waals surface area contributed by atoms with Crippen LogP contribution in [0.25, 0.3) is 0 Å². The third kappa shape index (κ3) is 3.80. The molecule has 1 amide bonds. The van der Waals surface area contributed by atoms with Crippen LogP contribution in [0.1, 0.15) is 18.0 Å². The van der Waals surface area contributed by atoms with E-state index in [1.165, 1.54) is 12.1 Å². The Labute approximate surface area is 148 Å². The molecule has 1 aliphatic rings. The number of dihydropyridines is 1. The van der Waals surface area contributed by atoms with Crippen LogP contribution >= 0.6 is 11.6 Å². The largest absolute Gasteiger partial charge is 0.511 e. The van der Waals surface area contributed by atoms with Gasteiger partial charge in [-0.15, -0.1) is 0 Å². The van der Waals surface area contributed by atoms with Crippen LogP contribution in [-0.4, -0.2) is 16.8 Å². The number of nitrogens with zero attached hydrogens (tertiary/aromatic N) is 1. The van der Waals surface area contributed by atoms with E-state index in [-0.39, 0.29) is 29.4 Å². The molecule has 5 nitrogen and oxygen atoms in total. The zero-order valence-corrected chi connectivity index (χ0v) is 13.8. The molecule has 2 aromatic carbocycles. The van der Waals surface area contributed by atoms with Crippen LogP contribution in [0.3, 0.4) is 0 Å². The van der Waals surface area contributed by atoms with E-state index in [0.717, 1.165) is 0 Å². The van der Waals surface area contributed by atoms with Crippen molar-refractivity contribution < 1.29 is 14.3 Å². The minimum absolute atomic E-state index is 0.0617. The van der Waals surface area contributed by atoms with Gasteiger partial charge in [0.05, 0.1) is 6.04 Å². The number of nitrogens with one attached hydrogen (secondary N) is 1. The second-order valence-corrected chi connectivity index (χ2v) is 6.00. The molecule has 128 valence electrons. The van der Waals surface area contributed by atoms with Gasteiger partial charge in [0.25, 0.3) is 5.91 Å². The Hall–Kier alpha value is -2.86. The van der Waals surface area contributed by atoms with E-state index >= 15 is 0 Å². The normalized spacial score (nSPS) is 17.2. The summed E-state index contributed by atoms with van der Waals surface area (Å²) in [4.78, 5) is 16.7. The number of carbonyl (C=O) groups excluding carboxylic acids is 1. The SMILES string of the molecule is NC1=NC(c2ccc(F)cc2)CC(O)=C1C(=O)Nc1ccc(Cl)cc1. The molecule has 4 N–H and O–H groups in total. The monoisotopic (exact) mass is 359 g/mol. The molecular formula is C18H15ClFN3O2. The number of hydrogen-bond acceptors (Lipinski definition) is 4. The molecule has 1 atom stereocenters. The number of anilines is 1. The van der Waals surface area contributed by atoms with Gasteiger partial charge in [0.15, 0.2) is 0 Å². The van der Waals surface area contributed by atoms with Gasteiger partial charge in [0.1, 0.15) is 23.0 Å². The fraction of sp³-hybridized carbons (Fsp3) is 0.111. The Bertz CT molecular complexity index is 861. The Morgan fingerprint density at radius 1 is 1.20 bits per heavy atom. The molecule has 0 aliphatic carbocycles. The van der Waals surface area contributed by atoms with Crippen molar-refractivity contribution in [1.29, 1.82) is 0 Å². The predicted molar refractivity (Wildman–Crippen MR) is 95.1 cm³/mol. The van der Waals surface area contributed by atoms with Crippen LogP contribution in [-0.2, 0) is 4.79 Å². The first-order chi connectivity index (χ1) is 11.9. The third-order valence-corrected chi connectivity index (χ3v) is 4.06. The van der Waals surface area contributed by atoms with Gasteiger partial charge in [-0.1, -0.05) is 23.7 Å². The number of carbonyl (C=O) groups is 1. The zero-order chi connectivity index (χ0) is 18.0. The van der Waals surface area contributed by atoms with E-state index < -0.39 is 11.9 Å². The van der Waals surface area contributed by atoms with Crippen molar-refractivity contribution >= 4 is 29.0 Å². The highest BCUT2D eigenvalue weighted by molar-refractivity contribution is 6.30. The van der Waals surface area contributed by atoms with Crippen molar-refractivity contribution in [2.75, 3.05) is 5.32 Å². The molecule has 0 saturated heterocycles. The number of hydrogen-bond donors (Lipinski definition) is 3. The van der Waals surface area contributed by atoms with E-state index in [1.54, 1.807) is 36.4 Å². The second kappa shape index (κ2) is 6.94. The molecule has 0 bridgehead atoms. The summed E-state index contributed by atoms with van der Waals surface area (Å²) in [6.07, 6.45) is 0.107. The summed E-state index contributed by atoms with van der Waals surface area (Å²) >= 11 is 5.80. The first-order valence-corrected chi connectivity index (χ1v) is 7.90. The number of amides is 1. The van der Waals surface area contributed by atoms with E-state index in [2.05, 4.69) is 10.3 Å². The summed E-state index contributed by atoms with van der Waals surface area (Å²) in [5, 5.41) is 13.5. The summed E-state index contributed by atoms with van der Waals surface area (Å²) in [5.74, 6) is -1.14. The smallest absolute Gasteiger partial charge is 0.262 e. The van der Waals surface area contributed by atoms with Crippen molar-refractivity contribution in [2.24, 2.45) is 10.7 Å². The maximum absolute atomic E-state index is 13.0. The number of aliphatic imine (C=N–C) groups is 1. The minimum Gasteiger partial charge on any atom is -0.511 e. The molecule has 0 aromatic heterocycles. The van der Waals surface area contributed by atoms with Gasteiger partial charge < -0.3 is 16.2 Å². The highest BCUT2D eigenvalue weighted by atomic mass is 35.5. The maximum Gasteiger partial charge on any atom is 0.262 e. The Kier molecular flexibility index (Phi) is 4.72. The van der Waals surface area contributed by atoms with Crippen LogP contribution in [0.4, 0.5) is 10.1 Å². The van der Waals surface area contributed by atoms with Crippen LogP contribution in [0.15, 0.2) is 64.9 Å². The van der Waals surface area contributed by atoms with E-state index in [4.69, 9.17) is 17.3 Å². The van der Waals surface area contributed by atoms with Crippen molar-refractivity contribution in [3.63, 3.8) is 0 Å². The molecule has 25 heavy (non-hydrogen) atoms. The molecule has 1 heterocycles. The molecule has 0 fully saturated rings. The minimum atomic E-state index is -0.557. The lowest BCUT2D eigenvalue weighted by Crippen LogP contribution is -2.31. The Morgan fingerprint density at radius 2 is 1.84 bits per heavy atom. The summed E-state index contributed by atoms with van der Waals surface area (Å²) in [5.41, 5.74) is 7.04. The molecule has 1 aliphatic heterocycles. The quantitative estimate of drug-likeness (QED) is 0.780. The molecule has 2 aromatic rings. The van der Waals surface area contributed by atoms with Gasteiger partial charge in [0.2, 0.25) is 0 Å². The molecule has 1 unspecified atom stereocenters. The lowest BCUT2D eigenvalue weighted by atomic mass is 9.97. The lowest BCUT2D eigenvalue weighted by Gasteiger charge is -2.21. The molecule has 3 rings (SSSR count). The van der Waals surface area contributed by atoms with Crippen molar-refractivity contribution in [1.82, 2.24) is 0 Å². The van der Waals surface area contributed by atoms with Crippen LogP contribution in [0, 0.1) is 5.82 Å². The third-order valence-electron chi connectivity index (χ3n) is 3.81. The van der Waals surface area contributed by atoms with Gasteiger partial charge >= 0.3 is 0 Å². The Balaban J connectivity index is 1.79. The van der Waals surface area contributed by atoms with Gasteiger partial charge in [-0.25, -0.2) is 4.39 Å². The number of aliphatic hydroxyl groups excluding tert-OH is 1. The average molecular weight is 360 g/mol. The van der Waals surface area contributed by atoms with Crippen molar-refractivity contribution in [3.05, 3.63) is 76.3 Å². The van der Waals surface area contributed by atoms with E-state index in [9.17, 15) is 14.3 Å². The fourth-order valence-electron chi connectivity index (χ4n) is 2.56. The first-order valence-electron chi connectivity index (χ1n) is 7.52. The number of benzene rings is 2. The van der Waals surface area contributed by atoms with Crippen LogP contribution in [0.5, 0.6) is 0 Å². The standard InChI is InChI=1S/C18H15ClFN3O2/c19-11-3-7-13(8-4-11)22-18(25)16-15(24)9-14(23-17(16)21)10-1-5-12(20)6-2-10/h1-8,14,24H,9H2,(H2,21,23)(H,22,25). The molecule has 0 spiro atoms. The number of rotatable bonds is 3. The summed E-state index contributed by atoms with van der Waals surface area (Å²) in [6.45, 7) is 0. The van der Waals surface area contributed by atoms with Gasteiger partial charge in [-0.05, 0) is 42.0 Å². The zero-order valence-electron chi connectivity index (χ0n) is 13.0. The predicted octanol–water partition coefficient (Wildman–Crippen LogP) is 3.73. The topological polar surface area (TPSA) is 87.7 Å². The van der Waals surface area contributed by atoms with Gasteiger partial charge in [0, 0.05) is 17.1 Å². The second-order valence-electron chi connectivity index (χ2n) is 5.57. The van der Waals surface area contributed by atoms with Crippen molar-refractivity contribution in [2.45, 2.75) is 12.5 Å². The summed E-state index contributed by atoms with van der Waals surface area (Å²) in [6, 6.07) is 11.8. The highest BCUT2D eigenvalue weighted by Gasteiger charge is 2.27. The Morgan fingerprint density at radius 3 is 2.44 bits per heavy atom. The number of nitrogens with two attached hydrogens (primary N) is 1. The summed E-state index contributed by atoms with van der Waals surface area (Å²) < 4.78 is 13.0. The van der Waals surface area contributed by atoms with E-state index in [0.29, 0.717) is 16.3 Å². The van der Waals surface area contributed by atoms with Crippen molar-refractivity contribution in [3.8, 4) is 0 Å². The van der Waals surface area contributed by atoms with Gasteiger partial charge in [-0.2, -0.15) is 0 Å². The van der Waals surface area contributed by atoms with Crippen LogP contribution in [0.2, 0.25) is 5.02 Å².